The van der Waals surface area contributed by atoms with Gasteiger partial charge in [0.2, 0.25) is 5.91 Å². The summed E-state index contributed by atoms with van der Waals surface area (Å²) in [4.78, 5) is 38.9. The van der Waals surface area contributed by atoms with Gasteiger partial charge < -0.3 is 19.7 Å². The van der Waals surface area contributed by atoms with E-state index in [0.29, 0.717) is 6.54 Å². The minimum Gasteiger partial charge on any atom is -0.444 e. The van der Waals surface area contributed by atoms with E-state index in [4.69, 9.17) is 9.47 Å². The van der Waals surface area contributed by atoms with Gasteiger partial charge in [-0.3, -0.25) is 9.69 Å². The summed E-state index contributed by atoms with van der Waals surface area (Å²) < 4.78 is 10.7. The second-order valence-corrected chi connectivity index (χ2v) is 7.82. The Hall–Kier alpha value is -1.99. The molecule has 0 aromatic carbocycles. The molecular weight excluding hydrogens is 314 g/mol. The maximum atomic E-state index is 12.3. The molecule has 1 fully saturated rings. The molecule has 0 bridgehead atoms. The van der Waals surface area contributed by atoms with E-state index in [9.17, 15) is 14.4 Å². The van der Waals surface area contributed by atoms with Crippen molar-refractivity contribution in [3.63, 3.8) is 0 Å². The Morgan fingerprint density at radius 2 is 1.42 bits per heavy atom. The maximum absolute atomic E-state index is 12.3. The highest BCUT2D eigenvalue weighted by molar-refractivity contribution is 5.75. The Bertz CT molecular complexity index is 493. The number of carbonyl (C=O) groups is 3. The van der Waals surface area contributed by atoms with Gasteiger partial charge in [-0.05, 0) is 41.5 Å². The molecule has 1 heterocycles. The molecule has 8 heteroatoms. The number of amides is 3. The Morgan fingerprint density at radius 1 is 0.917 bits per heavy atom. The fourth-order valence-electron chi connectivity index (χ4n) is 2.17. The van der Waals surface area contributed by atoms with E-state index >= 15 is 0 Å². The number of carbonyl (C=O) groups excluding carboxylic acids is 3. The van der Waals surface area contributed by atoms with Gasteiger partial charge in [-0.15, -0.1) is 0 Å². The van der Waals surface area contributed by atoms with Gasteiger partial charge in [0.1, 0.15) is 17.4 Å². The Kier molecular flexibility index (Phi) is 6.08. The van der Waals surface area contributed by atoms with Crippen molar-refractivity contribution in [3.05, 3.63) is 0 Å². The molecule has 1 aliphatic heterocycles. The SMILES string of the molecule is CC(=O)NC1CN(C(=O)OC(C)(C)C)CCN1C(=O)OC(C)(C)C. The Morgan fingerprint density at radius 3 is 1.88 bits per heavy atom. The fourth-order valence-corrected chi connectivity index (χ4v) is 2.17. The summed E-state index contributed by atoms with van der Waals surface area (Å²) in [7, 11) is 0. The van der Waals surface area contributed by atoms with E-state index in [0.717, 1.165) is 0 Å². The largest absolute Gasteiger partial charge is 0.444 e. The number of nitrogens with one attached hydrogen (secondary N) is 1. The third-order valence-corrected chi connectivity index (χ3v) is 3.03. The summed E-state index contributed by atoms with van der Waals surface area (Å²) in [5.41, 5.74) is -1.25. The highest BCUT2D eigenvalue weighted by atomic mass is 16.6. The minimum absolute atomic E-state index is 0.147. The molecule has 1 atom stereocenters. The van der Waals surface area contributed by atoms with Crippen LogP contribution in [0.3, 0.4) is 0 Å². The molecule has 1 unspecified atom stereocenters. The average Bonchev–Trinajstić information content (AvgIpc) is 2.33. The van der Waals surface area contributed by atoms with E-state index in [1.54, 1.807) is 41.5 Å². The van der Waals surface area contributed by atoms with E-state index in [1.807, 2.05) is 0 Å². The zero-order chi connectivity index (χ0) is 18.7. The van der Waals surface area contributed by atoms with Crippen LogP contribution in [0.5, 0.6) is 0 Å². The lowest BCUT2D eigenvalue weighted by atomic mass is 10.2. The molecule has 8 nitrogen and oxygen atoms in total. The van der Waals surface area contributed by atoms with Gasteiger partial charge in [0.15, 0.2) is 0 Å². The number of hydrogen-bond donors (Lipinski definition) is 1. The molecule has 0 aliphatic carbocycles. The minimum atomic E-state index is -0.654. The zero-order valence-electron chi connectivity index (χ0n) is 15.6. The summed E-state index contributed by atoms with van der Waals surface area (Å²) in [6.45, 7) is 12.7. The van der Waals surface area contributed by atoms with E-state index in [-0.39, 0.29) is 19.0 Å². The molecule has 1 saturated heterocycles. The van der Waals surface area contributed by atoms with Crippen LogP contribution in [0.25, 0.3) is 0 Å². The summed E-state index contributed by atoms with van der Waals surface area (Å²) in [6, 6.07) is 0. The normalized spacial score (nSPS) is 18.9. The van der Waals surface area contributed by atoms with Crippen LogP contribution in [0, 0.1) is 0 Å². The van der Waals surface area contributed by atoms with Crippen LogP contribution in [0.4, 0.5) is 9.59 Å². The van der Waals surface area contributed by atoms with Crippen LogP contribution in [0.1, 0.15) is 48.5 Å². The fraction of sp³-hybridized carbons (Fsp3) is 0.812. The first kappa shape index (κ1) is 20.1. The molecule has 0 spiro atoms. The van der Waals surface area contributed by atoms with Crippen molar-refractivity contribution in [2.45, 2.75) is 65.8 Å². The van der Waals surface area contributed by atoms with Crippen LogP contribution in [-0.4, -0.2) is 64.9 Å². The van der Waals surface area contributed by atoms with Crippen molar-refractivity contribution >= 4 is 18.1 Å². The smallest absolute Gasteiger partial charge is 0.412 e. The van der Waals surface area contributed by atoms with Gasteiger partial charge >= 0.3 is 12.2 Å². The average molecular weight is 343 g/mol. The molecule has 1 aliphatic rings. The zero-order valence-corrected chi connectivity index (χ0v) is 15.6. The topological polar surface area (TPSA) is 88.2 Å². The van der Waals surface area contributed by atoms with Gasteiger partial charge in [-0.2, -0.15) is 0 Å². The van der Waals surface area contributed by atoms with Crippen LogP contribution in [0.2, 0.25) is 0 Å². The van der Waals surface area contributed by atoms with E-state index in [1.165, 1.54) is 16.7 Å². The lowest BCUT2D eigenvalue weighted by molar-refractivity contribution is -0.121. The second kappa shape index (κ2) is 7.27. The standard InChI is InChI=1S/C16H29N3O5/c1-11(20)17-12-10-18(13(21)23-15(2,3)4)8-9-19(12)14(22)24-16(5,6)7/h12H,8-10H2,1-7H3,(H,17,20). The first-order valence-corrected chi connectivity index (χ1v) is 8.03. The lowest BCUT2D eigenvalue weighted by Gasteiger charge is -2.41. The van der Waals surface area contributed by atoms with Gasteiger partial charge in [-0.1, -0.05) is 0 Å². The van der Waals surface area contributed by atoms with Crippen LogP contribution >= 0.6 is 0 Å². The molecule has 0 saturated carbocycles. The predicted octanol–water partition coefficient (Wildman–Crippen LogP) is 1.94. The monoisotopic (exact) mass is 343 g/mol. The molecular formula is C16H29N3O5. The number of ether oxygens (including phenoxy) is 2. The van der Waals surface area contributed by atoms with Gasteiger partial charge in [0.25, 0.3) is 0 Å². The second-order valence-electron chi connectivity index (χ2n) is 7.82. The molecule has 0 aromatic heterocycles. The van der Waals surface area contributed by atoms with E-state index < -0.39 is 29.6 Å². The summed E-state index contributed by atoms with van der Waals surface area (Å²) in [5, 5.41) is 2.68. The maximum Gasteiger partial charge on any atom is 0.412 e. The molecule has 1 N–H and O–H groups in total. The summed E-state index contributed by atoms with van der Waals surface area (Å²) >= 11 is 0. The van der Waals surface area contributed by atoms with Crippen molar-refractivity contribution < 1.29 is 23.9 Å². The molecule has 3 amide bonds. The Labute approximate surface area is 143 Å². The molecule has 0 radical (unpaired) electrons. The quantitative estimate of drug-likeness (QED) is 0.786. The molecule has 24 heavy (non-hydrogen) atoms. The van der Waals surface area contributed by atoms with Crippen LogP contribution in [0.15, 0.2) is 0 Å². The Balaban J connectivity index is 2.82. The van der Waals surface area contributed by atoms with Crippen molar-refractivity contribution in [2.24, 2.45) is 0 Å². The van der Waals surface area contributed by atoms with Crippen LogP contribution in [-0.2, 0) is 14.3 Å². The van der Waals surface area contributed by atoms with Gasteiger partial charge in [0, 0.05) is 20.0 Å². The van der Waals surface area contributed by atoms with Gasteiger partial charge in [0.05, 0.1) is 6.54 Å². The first-order chi connectivity index (χ1) is 10.8. The molecule has 1 rings (SSSR count). The first-order valence-electron chi connectivity index (χ1n) is 8.03. The number of hydrogen-bond acceptors (Lipinski definition) is 5. The number of rotatable bonds is 1. The lowest BCUT2D eigenvalue weighted by Crippen LogP contribution is -2.63. The third kappa shape index (κ3) is 6.64. The third-order valence-electron chi connectivity index (χ3n) is 3.03. The molecule has 0 aromatic rings. The number of piperazine rings is 1. The van der Waals surface area contributed by atoms with Gasteiger partial charge in [-0.25, -0.2) is 9.59 Å². The predicted molar refractivity (Wildman–Crippen MR) is 88.4 cm³/mol. The van der Waals surface area contributed by atoms with Crippen molar-refractivity contribution in [2.75, 3.05) is 19.6 Å². The molecule has 138 valence electrons. The van der Waals surface area contributed by atoms with Crippen molar-refractivity contribution in [3.8, 4) is 0 Å². The summed E-state index contributed by atoms with van der Waals surface area (Å²) in [5.74, 6) is -0.292. The van der Waals surface area contributed by atoms with Crippen molar-refractivity contribution in [1.82, 2.24) is 15.1 Å². The number of nitrogens with zero attached hydrogens (tertiary/aromatic N) is 2. The van der Waals surface area contributed by atoms with Crippen LogP contribution < -0.4 is 5.32 Å². The van der Waals surface area contributed by atoms with E-state index in [2.05, 4.69) is 5.32 Å². The van der Waals surface area contributed by atoms with Crippen molar-refractivity contribution in [1.29, 1.82) is 0 Å². The highest BCUT2D eigenvalue weighted by Gasteiger charge is 2.36. The highest BCUT2D eigenvalue weighted by Crippen LogP contribution is 2.17. The summed E-state index contributed by atoms with van der Waals surface area (Å²) in [6.07, 6.45) is -1.65.